The molecule has 2 rings (SSSR count). The van der Waals surface area contributed by atoms with Crippen LogP contribution in [0.25, 0.3) is 0 Å². The van der Waals surface area contributed by atoms with Crippen LogP contribution in [0.15, 0.2) is 53.5 Å². The van der Waals surface area contributed by atoms with Gasteiger partial charge in [-0.1, -0.05) is 54.1 Å². The van der Waals surface area contributed by atoms with Crippen molar-refractivity contribution in [3.05, 3.63) is 64.7 Å². The number of halogens is 1. The maximum absolute atomic E-state index is 6.10. The average molecular weight is 245 g/mol. The van der Waals surface area contributed by atoms with Gasteiger partial charge in [0, 0.05) is 5.56 Å². The van der Waals surface area contributed by atoms with Crippen LogP contribution < -0.4 is 5.73 Å². The Morgan fingerprint density at radius 3 is 2.41 bits per heavy atom. The van der Waals surface area contributed by atoms with E-state index in [1.807, 2.05) is 55.5 Å². The first kappa shape index (κ1) is 11.7. The number of aliphatic imine (C=N–C) groups is 1. The molecule has 0 heterocycles. The third kappa shape index (κ3) is 2.66. The van der Waals surface area contributed by atoms with Gasteiger partial charge >= 0.3 is 0 Å². The molecule has 86 valence electrons. The molecule has 0 bridgehead atoms. The van der Waals surface area contributed by atoms with Crippen LogP contribution in [-0.2, 0) is 0 Å². The quantitative estimate of drug-likeness (QED) is 0.635. The van der Waals surface area contributed by atoms with E-state index in [9.17, 15) is 0 Å². The van der Waals surface area contributed by atoms with Gasteiger partial charge in [0.05, 0.1) is 10.7 Å². The van der Waals surface area contributed by atoms with Crippen LogP contribution in [0.5, 0.6) is 0 Å². The van der Waals surface area contributed by atoms with Gasteiger partial charge in [-0.15, -0.1) is 0 Å². The monoisotopic (exact) mass is 244 g/mol. The van der Waals surface area contributed by atoms with Gasteiger partial charge in [-0.25, -0.2) is 4.99 Å². The Balaban J connectivity index is 2.43. The van der Waals surface area contributed by atoms with Crippen LogP contribution in [0.1, 0.15) is 11.1 Å². The minimum atomic E-state index is 0.474. The fourth-order valence-corrected chi connectivity index (χ4v) is 1.82. The number of nitrogens with two attached hydrogens (primary N) is 1. The Kier molecular flexibility index (Phi) is 3.45. The molecular weight excluding hydrogens is 232 g/mol. The summed E-state index contributed by atoms with van der Waals surface area (Å²) in [5.41, 5.74) is 8.59. The Morgan fingerprint density at radius 1 is 1.06 bits per heavy atom. The zero-order valence-corrected chi connectivity index (χ0v) is 10.3. The van der Waals surface area contributed by atoms with Crippen molar-refractivity contribution in [2.24, 2.45) is 10.7 Å². The first-order chi connectivity index (χ1) is 8.18. The number of nitrogens with zero attached hydrogens (tertiary/aromatic N) is 1. The van der Waals surface area contributed by atoms with Crippen LogP contribution >= 0.6 is 11.6 Å². The molecule has 0 aromatic heterocycles. The molecule has 2 aromatic carbocycles. The second kappa shape index (κ2) is 5.02. The van der Waals surface area contributed by atoms with Crippen molar-refractivity contribution in [1.82, 2.24) is 0 Å². The third-order valence-corrected chi connectivity index (χ3v) is 2.80. The summed E-state index contributed by atoms with van der Waals surface area (Å²) < 4.78 is 0. The van der Waals surface area contributed by atoms with Crippen LogP contribution in [0, 0.1) is 6.92 Å². The summed E-state index contributed by atoms with van der Waals surface area (Å²) in [7, 11) is 0. The zero-order valence-electron chi connectivity index (χ0n) is 9.52. The van der Waals surface area contributed by atoms with Gasteiger partial charge in [-0.05, 0) is 18.6 Å². The summed E-state index contributed by atoms with van der Waals surface area (Å²) in [6.07, 6.45) is 0. The van der Waals surface area contributed by atoms with E-state index >= 15 is 0 Å². The molecule has 17 heavy (non-hydrogen) atoms. The van der Waals surface area contributed by atoms with Gasteiger partial charge in [0.1, 0.15) is 5.84 Å². The number of benzene rings is 2. The van der Waals surface area contributed by atoms with E-state index in [2.05, 4.69) is 4.99 Å². The molecule has 2 aromatic rings. The second-order valence-corrected chi connectivity index (χ2v) is 4.18. The molecule has 0 unspecified atom stereocenters. The van der Waals surface area contributed by atoms with Crippen LogP contribution in [0.2, 0.25) is 5.02 Å². The van der Waals surface area contributed by atoms with Crippen LogP contribution in [0.4, 0.5) is 5.69 Å². The van der Waals surface area contributed by atoms with E-state index in [0.717, 1.165) is 16.8 Å². The Bertz CT molecular complexity index is 527. The molecule has 0 atom stereocenters. The van der Waals surface area contributed by atoms with E-state index in [-0.39, 0.29) is 0 Å². The lowest BCUT2D eigenvalue weighted by Gasteiger charge is -2.05. The first-order valence-electron chi connectivity index (χ1n) is 5.33. The molecular formula is C14H13ClN2. The Labute approximate surface area is 106 Å². The minimum Gasteiger partial charge on any atom is -0.383 e. The highest BCUT2D eigenvalue weighted by Gasteiger charge is 2.04. The smallest absolute Gasteiger partial charge is 0.131 e. The van der Waals surface area contributed by atoms with Crippen molar-refractivity contribution in [1.29, 1.82) is 0 Å². The van der Waals surface area contributed by atoms with Gasteiger partial charge in [-0.3, -0.25) is 0 Å². The van der Waals surface area contributed by atoms with E-state index in [1.165, 1.54) is 0 Å². The molecule has 0 spiro atoms. The molecule has 0 amide bonds. The van der Waals surface area contributed by atoms with Crippen LogP contribution in [0.3, 0.4) is 0 Å². The molecule has 0 aliphatic rings. The van der Waals surface area contributed by atoms with Crippen molar-refractivity contribution in [3.63, 3.8) is 0 Å². The Hall–Kier alpha value is -1.80. The lowest BCUT2D eigenvalue weighted by Crippen LogP contribution is -2.12. The van der Waals surface area contributed by atoms with E-state index in [1.54, 1.807) is 0 Å². The van der Waals surface area contributed by atoms with Crippen molar-refractivity contribution < 1.29 is 0 Å². The number of para-hydroxylation sites is 1. The maximum atomic E-state index is 6.10. The van der Waals surface area contributed by atoms with Gasteiger partial charge < -0.3 is 5.73 Å². The fourth-order valence-electron chi connectivity index (χ4n) is 1.56. The lowest BCUT2D eigenvalue weighted by atomic mass is 10.2. The highest BCUT2D eigenvalue weighted by atomic mass is 35.5. The molecule has 0 radical (unpaired) electrons. The molecule has 0 saturated carbocycles. The average Bonchev–Trinajstić information content (AvgIpc) is 2.35. The minimum absolute atomic E-state index is 0.474. The topological polar surface area (TPSA) is 38.4 Å². The molecule has 2 nitrogen and oxygen atoms in total. The van der Waals surface area contributed by atoms with Gasteiger partial charge in [0.2, 0.25) is 0 Å². The predicted molar refractivity (Wildman–Crippen MR) is 73.0 cm³/mol. The van der Waals surface area contributed by atoms with E-state index in [0.29, 0.717) is 10.9 Å². The predicted octanol–water partition coefficient (Wildman–Crippen LogP) is 3.69. The van der Waals surface area contributed by atoms with Crippen molar-refractivity contribution in [2.75, 3.05) is 0 Å². The second-order valence-electron chi connectivity index (χ2n) is 3.77. The maximum Gasteiger partial charge on any atom is 0.131 e. The number of aryl methyl sites for hydroxylation is 1. The van der Waals surface area contributed by atoms with Crippen molar-refractivity contribution >= 4 is 23.1 Å². The van der Waals surface area contributed by atoms with Gasteiger partial charge in [0.15, 0.2) is 0 Å². The highest BCUT2D eigenvalue weighted by Crippen LogP contribution is 2.28. The van der Waals surface area contributed by atoms with E-state index < -0.39 is 0 Å². The van der Waals surface area contributed by atoms with Crippen molar-refractivity contribution in [2.45, 2.75) is 6.92 Å². The highest BCUT2D eigenvalue weighted by molar-refractivity contribution is 6.33. The Morgan fingerprint density at radius 2 is 1.76 bits per heavy atom. The molecule has 0 aliphatic heterocycles. The summed E-state index contributed by atoms with van der Waals surface area (Å²) in [6, 6.07) is 15.3. The number of hydrogen-bond donors (Lipinski definition) is 1. The summed E-state index contributed by atoms with van der Waals surface area (Å²) in [5.74, 6) is 0.474. The third-order valence-electron chi connectivity index (χ3n) is 2.49. The zero-order chi connectivity index (χ0) is 12.3. The number of hydrogen-bond acceptors (Lipinski definition) is 1. The first-order valence-corrected chi connectivity index (χ1v) is 5.71. The van der Waals surface area contributed by atoms with Crippen molar-refractivity contribution in [3.8, 4) is 0 Å². The molecule has 0 fully saturated rings. The van der Waals surface area contributed by atoms with Gasteiger partial charge in [-0.2, -0.15) is 0 Å². The lowest BCUT2D eigenvalue weighted by molar-refractivity contribution is 1.37. The largest absolute Gasteiger partial charge is 0.383 e. The van der Waals surface area contributed by atoms with Gasteiger partial charge in [0.25, 0.3) is 0 Å². The SMILES string of the molecule is Cc1cccc(Cl)c1N=C(N)c1ccccc1. The molecule has 0 saturated heterocycles. The molecule has 2 N–H and O–H groups in total. The normalized spacial score (nSPS) is 11.5. The summed E-state index contributed by atoms with van der Waals surface area (Å²) in [5, 5.41) is 0.615. The number of amidine groups is 1. The fraction of sp³-hybridized carbons (Fsp3) is 0.0714. The molecule has 0 aliphatic carbocycles. The summed E-state index contributed by atoms with van der Waals surface area (Å²) >= 11 is 6.10. The summed E-state index contributed by atoms with van der Waals surface area (Å²) in [6.45, 7) is 1.96. The van der Waals surface area contributed by atoms with Crippen LogP contribution in [-0.4, -0.2) is 5.84 Å². The standard InChI is InChI=1S/C14H13ClN2/c1-10-6-5-9-12(15)13(10)17-14(16)11-7-3-2-4-8-11/h2-9H,1H3,(H2,16,17). The number of rotatable bonds is 2. The molecule has 3 heteroatoms. The van der Waals surface area contributed by atoms with E-state index in [4.69, 9.17) is 17.3 Å². The summed E-state index contributed by atoms with van der Waals surface area (Å²) in [4.78, 5) is 4.39.